The Labute approximate surface area is 88.4 Å². The van der Waals surface area contributed by atoms with Crippen molar-refractivity contribution in [2.75, 3.05) is 13.1 Å². The number of hydrogen-bond donors (Lipinski definition) is 1. The lowest BCUT2D eigenvalue weighted by atomic mass is 10.1. The normalized spacial score (nSPS) is 24.0. The summed E-state index contributed by atoms with van der Waals surface area (Å²) >= 11 is 1.71. The number of nitrogens with zero attached hydrogens (tertiary/aromatic N) is 2. The maximum absolute atomic E-state index is 9.50. The van der Waals surface area contributed by atoms with E-state index in [1.807, 2.05) is 6.92 Å². The smallest absolute Gasteiger partial charge is 0.107 e. The van der Waals surface area contributed by atoms with Gasteiger partial charge in [-0.3, -0.25) is 4.90 Å². The minimum atomic E-state index is -0.134. The first-order valence-electron chi connectivity index (χ1n) is 5.05. The lowest BCUT2D eigenvalue weighted by molar-refractivity contribution is 0.0668. The largest absolute Gasteiger partial charge is 0.392 e. The van der Waals surface area contributed by atoms with Crippen LogP contribution in [0.5, 0.6) is 0 Å². The van der Waals surface area contributed by atoms with Gasteiger partial charge in [-0.1, -0.05) is 0 Å². The van der Waals surface area contributed by atoms with Crippen molar-refractivity contribution in [1.29, 1.82) is 0 Å². The van der Waals surface area contributed by atoms with E-state index in [4.69, 9.17) is 0 Å². The number of aromatic nitrogens is 1. The van der Waals surface area contributed by atoms with Gasteiger partial charge in [-0.25, -0.2) is 4.98 Å². The molecule has 3 nitrogen and oxygen atoms in total. The van der Waals surface area contributed by atoms with Crippen LogP contribution in [0.2, 0.25) is 0 Å². The zero-order valence-corrected chi connectivity index (χ0v) is 9.26. The van der Waals surface area contributed by atoms with Crippen LogP contribution in [0.15, 0.2) is 5.38 Å². The van der Waals surface area contributed by atoms with Gasteiger partial charge in [0.25, 0.3) is 0 Å². The van der Waals surface area contributed by atoms with Gasteiger partial charge in [0.1, 0.15) is 5.01 Å². The highest BCUT2D eigenvalue weighted by Gasteiger charge is 2.18. The summed E-state index contributed by atoms with van der Waals surface area (Å²) in [5.41, 5.74) is 1.10. The van der Waals surface area contributed by atoms with E-state index in [-0.39, 0.29) is 6.10 Å². The van der Waals surface area contributed by atoms with Crippen molar-refractivity contribution >= 4 is 11.3 Å². The highest BCUT2D eigenvalue weighted by molar-refractivity contribution is 7.09. The van der Waals surface area contributed by atoms with E-state index in [2.05, 4.69) is 15.3 Å². The first-order valence-corrected chi connectivity index (χ1v) is 5.93. The van der Waals surface area contributed by atoms with Crippen LogP contribution in [0.1, 0.15) is 23.5 Å². The Morgan fingerprint density at radius 2 is 2.57 bits per heavy atom. The standard InChI is InChI=1S/C10H16N2OS/c1-8-7-14-10(11-8)6-12-4-2-3-9(13)5-12/h7,9,13H,2-6H2,1H3/t9-/m0/s1. The van der Waals surface area contributed by atoms with E-state index in [1.165, 1.54) is 0 Å². The number of rotatable bonds is 2. The van der Waals surface area contributed by atoms with Gasteiger partial charge in [-0.15, -0.1) is 11.3 Å². The fourth-order valence-corrected chi connectivity index (χ4v) is 2.65. The van der Waals surface area contributed by atoms with Gasteiger partial charge in [0.15, 0.2) is 0 Å². The van der Waals surface area contributed by atoms with Crippen LogP contribution in [-0.4, -0.2) is 34.2 Å². The molecular weight excluding hydrogens is 196 g/mol. The average Bonchev–Trinajstić information content (AvgIpc) is 2.51. The van der Waals surface area contributed by atoms with E-state index in [0.717, 1.165) is 43.2 Å². The molecule has 1 aromatic heterocycles. The Hall–Kier alpha value is -0.450. The van der Waals surface area contributed by atoms with Crippen molar-refractivity contribution in [3.8, 4) is 0 Å². The number of aliphatic hydroxyl groups excluding tert-OH is 1. The zero-order valence-electron chi connectivity index (χ0n) is 8.44. The summed E-state index contributed by atoms with van der Waals surface area (Å²) < 4.78 is 0. The Balaban J connectivity index is 1.90. The van der Waals surface area contributed by atoms with Crippen LogP contribution >= 0.6 is 11.3 Å². The van der Waals surface area contributed by atoms with Gasteiger partial charge in [-0.05, 0) is 26.3 Å². The highest BCUT2D eigenvalue weighted by atomic mass is 32.1. The SMILES string of the molecule is Cc1csc(CN2CCC[C@H](O)C2)n1. The van der Waals surface area contributed by atoms with Crippen molar-refractivity contribution in [3.63, 3.8) is 0 Å². The minimum absolute atomic E-state index is 0.134. The van der Waals surface area contributed by atoms with Crippen LogP contribution in [0.25, 0.3) is 0 Å². The summed E-state index contributed by atoms with van der Waals surface area (Å²) in [5.74, 6) is 0. The predicted molar refractivity (Wildman–Crippen MR) is 57.4 cm³/mol. The molecule has 0 unspecified atom stereocenters. The van der Waals surface area contributed by atoms with Gasteiger partial charge < -0.3 is 5.11 Å². The maximum atomic E-state index is 9.50. The summed E-state index contributed by atoms with van der Waals surface area (Å²) in [6.07, 6.45) is 1.92. The van der Waals surface area contributed by atoms with E-state index in [0.29, 0.717) is 0 Å². The number of thiazole rings is 1. The minimum Gasteiger partial charge on any atom is -0.392 e. The molecule has 1 aliphatic heterocycles. The Bertz CT molecular complexity index is 300. The fourth-order valence-electron chi connectivity index (χ4n) is 1.84. The molecular formula is C10H16N2OS. The number of likely N-dealkylation sites (tertiary alicyclic amines) is 1. The first kappa shape index (κ1) is 10.1. The summed E-state index contributed by atoms with van der Waals surface area (Å²) in [6, 6.07) is 0. The quantitative estimate of drug-likeness (QED) is 0.805. The van der Waals surface area contributed by atoms with Gasteiger partial charge in [0.2, 0.25) is 0 Å². The van der Waals surface area contributed by atoms with Gasteiger partial charge in [-0.2, -0.15) is 0 Å². The van der Waals surface area contributed by atoms with Crippen molar-refractivity contribution in [2.24, 2.45) is 0 Å². The topological polar surface area (TPSA) is 36.4 Å². The van der Waals surface area contributed by atoms with Crippen LogP contribution in [-0.2, 0) is 6.54 Å². The third-order valence-corrected chi connectivity index (χ3v) is 3.46. The summed E-state index contributed by atoms with van der Waals surface area (Å²) in [4.78, 5) is 6.71. The number of piperidine rings is 1. The van der Waals surface area contributed by atoms with Crippen molar-refractivity contribution < 1.29 is 5.11 Å². The van der Waals surface area contributed by atoms with E-state index in [9.17, 15) is 5.11 Å². The second-order valence-corrected chi connectivity index (χ2v) is 4.86. The van der Waals surface area contributed by atoms with Crippen molar-refractivity contribution in [2.45, 2.75) is 32.4 Å². The molecule has 1 fully saturated rings. The average molecular weight is 212 g/mol. The molecule has 1 saturated heterocycles. The van der Waals surface area contributed by atoms with Crippen LogP contribution in [0, 0.1) is 6.92 Å². The Morgan fingerprint density at radius 1 is 1.71 bits per heavy atom. The third-order valence-electron chi connectivity index (χ3n) is 2.51. The van der Waals surface area contributed by atoms with Gasteiger partial charge in [0, 0.05) is 17.6 Å². The molecule has 1 N–H and O–H groups in total. The molecule has 0 spiro atoms. The van der Waals surface area contributed by atoms with Crippen LogP contribution in [0.3, 0.4) is 0 Å². The molecule has 4 heteroatoms. The van der Waals surface area contributed by atoms with E-state index >= 15 is 0 Å². The molecule has 0 radical (unpaired) electrons. The predicted octanol–water partition coefficient (Wildman–Crippen LogP) is 1.41. The molecule has 1 aromatic rings. The fraction of sp³-hybridized carbons (Fsp3) is 0.700. The third kappa shape index (κ3) is 2.53. The monoisotopic (exact) mass is 212 g/mol. The summed E-state index contributed by atoms with van der Waals surface area (Å²) in [5, 5.41) is 12.7. The molecule has 14 heavy (non-hydrogen) atoms. The van der Waals surface area contributed by atoms with E-state index in [1.54, 1.807) is 11.3 Å². The molecule has 0 amide bonds. The summed E-state index contributed by atoms with van der Waals surface area (Å²) in [6.45, 7) is 4.81. The Morgan fingerprint density at radius 3 is 3.21 bits per heavy atom. The lowest BCUT2D eigenvalue weighted by Gasteiger charge is -2.29. The van der Waals surface area contributed by atoms with Gasteiger partial charge >= 0.3 is 0 Å². The molecule has 78 valence electrons. The molecule has 2 heterocycles. The second-order valence-electron chi connectivity index (χ2n) is 3.91. The Kier molecular flexibility index (Phi) is 3.15. The molecule has 0 saturated carbocycles. The van der Waals surface area contributed by atoms with Crippen LogP contribution in [0.4, 0.5) is 0 Å². The lowest BCUT2D eigenvalue weighted by Crippen LogP contribution is -2.37. The molecule has 0 aromatic carbocycles. The molecule has 1 aliphatic rings. The zero-order chi connectivity index (χ0) is 9.97. The number of β-amino-alcohol motifs (C(OH)–C–C–N with tert-alkyl or cyclic N) is 1. The highest BCUT2D eigenvalue weighted by Crippen LogP contribution is 2.16. The molecule has 0 aliphatic carbocycles. The van der Waals surface area contributed by atoms with Crippen LogP contribution < -0.4 is 0 Å². The van der Waals surface area contributed by atoms with Crippen molar-refractivity contribution in [3.05, 3.63) is 16.1 Å². The number of aryl methyl sites for hydroxylation is 1. The molecule has 2 rings (SSSR count). The van der Waals surface area contributed by atoms with E-state index < -0.39 is 0 Å². The molecule has 0 bridgehead atoms. The number of aliphatic hydroxyl groups is 1. The summed E-state index contributed by atoms with van der Waals surface area (Å²) in [7, 11) is 0. The van der Waals surface area contributed by atoms with Crippen molar-refractivity contribution in [1.82, 2.24) is 9.88 Å². The number of hydrogen-bond acceptors (Lipinski definition) is 4. The maximum Gasteiger partial charge on any atom is 0.107 e. The van der Waals surface area contributed by atoms with Gasteiger partial charge in [0.05, 0.1) is 12.6 Å². The second kappa shape index (κ2) is 4.38. The first-order chi connectivity index (χ1) is 6.74. The molecule has 1 atom stereocenters.